The summed E-state index contributed by atoms with van der Waals surface area (Å²) in [6.45, 7) is 2.30. The zero-order valence-corrected chi connectivity index (χ0v) is 19.8. The van der Waals surface area contributed by atoms with E-state index in [-0.39, 0.29) is 17.4 Å². The topological polar surface area (TPSA) is 82.1 Å². The first kappa shape index (κ1) is 25.8. The highest BCUT2D eigenvalue weighted by Gasteiger charge is 2.62. The van der Waals surface area contributed by atoms with E-state index in [4.69, 9.17) is 10.5 Å². The van der Waals surface area contributed by atoms with Gasteiger partial charge in [-0.3, -0.25) is 9.47 Å². The van der Waals surface area contributed by atoms with Crippen LogP contribution in [0.2, 0.25) is 0 Å². The van der Waals surface area contributed by atoms with E-state index in [2.05, 4.69) is 19.9 Å². The Balaban J connectivity index is 1.32. The molecule has 1 aromatic carbocycles. The number of hydrogen-bond donors (Lipinski definition) is 1. The van der Waals surface area contributed by atoms with E-state index in [1.807, 2.05) is 12.1 Å². The van der Waals surface area contributed by atoms with Gasteiger partial charge in [0.05, 0.1) is 6.20 Å². The van der Waals surface area contributed by atoms with Gasteiger partial charge < -0.3 is 10.5 Å². The predicted molar refractivity (Wildman–Crippen MR) is 126 cm³/mol. The molecule has 3 aromatic heterocycles. The number of halogens is 6. The van der Waals surface area contributed by atoms with Crippen LogP contribution < -0.4 is 10.5 Å². The summed E-state index contributed by atoms with van der Waals surface area (Å²) in [6, 6.07) is 10.1. The number of nitrogens with two attached hydrogens (primary N) is 1. The van der Waals surface area contributed by atoms with Gasteiger partial charge >= 0.3 is 12.1 Å². The third-order valence-electron chi connectivity index (χ3n) is 6.28. The summed E-state index contributed by atoms with van der Waals surface area (Å²) in [5, 5.41) is 0. The van der Waals surface area contributed by atoms with Crippen molar-refractivity contribution < 1.29 is 31.1 Å². The van der Waals surface area contributed by atoms with E-state index in [1.54, 1.807) is 6.20 Å². The second-order valence-corrected chi connectivity index (χ2v) is 9.02. The van der Waals surface area contributed by atoms with Crippen LogP contribution in [-0.2, 0) is 12.5 Å². The summed E-state index contributed by atoms with van der Waals surface area (Å²) in [6.07, 6.45) is -2.13. The van der Waals surface area contributed by atoms with E-state index < -0.39 is 29.3 Å². The minimum absolute atomic E-state index is 0.0515. The van der Waals surface area contributed by atoms with Gasteiger partial charge in [-0.2, -0.15) is 22.0 Å². The van der Waals surface area contributed by atoms with E-state index >= 15 is 0 Å². The fourth-order valence-corrected chi connectivity index (χ4v) is 4.42. The molecule has 5 rings (SSSR count). The van der Waals surface area contributed by atoms with Crippen molar-refractivity contribution in [2.24, 2.45) is 0 Å². The number of benzene rings is 1. The Bertz CT molecular complexity index is 1430. The molecule has 0 radical (unpaired) electrons. The number of fused-ring (bicyclic) bond motifs is 1. The Labute approximate surface area is 212 Å². The smallest absolute Gasteiger partial charge is 0.461 e. The van der Waals surface area contributed by atoms with Crippen LogP contribution >= 0.6 is 0 Å². The lowest BCUT2D eigenvalue weighted by Gasteiger charge is -2.32. The highest BCUT2D eigenvalue weighted by atomic mass is 19.4. The van der Waals surface area contributed by atoms with Crippen molar-refractivity contribution in [3.8, 4) is 11.4 Å². The standard InChI is InChI=1S/C25H22F6N6O/c26-16-12-20-22(34-13-16)37(23(35-20)24(27,28)25(29,30)31)17-1-3-18(4-2-17)38-19-6-9-36(10-7-19)14-15-5-8-33-21(32)11-15/h1-5,8,11-13,19H,6-7,9-10,14H2,(H2,32,33). The second-order valence-electron chi connectivity index (χ2n) is 9.02. The summed E-state index contributed by atoms with van der Waals surface area (Å²) in [5.41, 5.74) is 5.99. The summed E-state index contributed by atoms with van der Waals surface area (Å²) >= 11 is 0. The molecule has 0 spiro atoms. The van der Waals surface area contributed by atoms with Gasteiger partial charge in [-0.15, -0.1) is 0 Å². The Kier molecular flexibility index (Phi) is 6.63. The van der Waals surface area contributed by atoms with E-state index in [0.29, 0.717) is 16.1 Å². The maximum Gasteiger partial charge on any atom is 0.461 e. The van der Waals surface area contributed by atoms with Crippen LogP contribution in [0, 0.1) is 5.82 Å². The number of rotatable bonds is 6. The normalized spacial score (nSPS) is 15.7. The number of piperidine rings is 1. The Morgan fingerprint density at radius 3 is 2.34 bits per heavy atom. The molecule has 0 atom stereocenters. The van der Waals surface area contributed by atoms with Crippen LogP contribution in [0.1, 0.15) is 24.2 Å². The van der Waals surface area contributed by atoms with Crippen molar-refractivity contribution in [2.45, 2.75) is 37.6 Å². The number of likely N-dealkylation sites (tertiary alicyclic amines) is 1. The van der Waals surface area contributed by atoms with Crippen molar-refractivity contribution in [1.82, 2.24) is 24.4 Å². The van der Waals surface area contributed by atoms with Gasteiger partial charge in [0.25, 0.3) is 0 Å². The fourth-order valence-electron chi connectivity index (χ4n) is 4.42. The average Bonchev–Trinajstić information content (AvgIpc) is 3.24. The summed E-state index contributed by atoms with van der Waals surface area (Å²) in [4.78, 5) is 13.4. The molecule has 4 heterocycles. The molecule has 200 valence electrons. The van der Waals surface area contributed by atoms with Gasteiger partial charge in [-0.05, 0) is 54.8 Å². The first-order valence-corrected chi connectivity index (χ1v) is 11.7. The van der Waals surface area contributed by atoms with Crippen molar-refractivity contribution in [3.05, 3.63) is 72.1 Å². The molecule has 1 aliphatic heterocycles. The van der Waals surface area contributed by atoms with Crippen molar-refractivity contribution in [3.63, 3.8) is 0 Å². The number of nitrogen functional groups attached to an aromatic ring is 1. The molecule has 0 aliphatic carbocycles. The van der Waals surface area contributed by atoms with Gasteiger partial charge in [0, 0.05) is 37.6 Å². The number of anilines is 1. The number of ether oxygens (including phenoxy) is 1. The second kappa shape index (κ2) is 9.78. The average molecular weight is 536 g/mol. The van der Waals surface area contributed by atoms with Gasteiger partial charge in [0.15, 0.2) is 11.5 Å². The largest absolute Gasteiger partial charge is 0.490 e. The highest BCUT2D eigenvalue weighted by Crippen LogP contribution is 2.45. The molecule has 1 aliphatic rings. The molecule has 38 heavy (non-hydrogen) atoms. The number of nitrogens with zero attached hydrogens (tertiary/aromatic N) is 5. The van der Waals surface area contributed by atoms with Gasteiger partial charge in [0.1, 0.15) is 29.0 Å². The first-order chi connectivity index (χ1) is 18.0. The van der Waals surface area contributed by atoms with Gasteiger partial charge in [0.2, 0.25) is 0 Å². The van der Waals surface area contributed by atoms with Gasteiger partial charge in [-0.25, -0.2) is 19.3 Å². The van der Waals surface area contributed by atoms with E-state index in [0.717, 1.165) is 50.3 Å². The van der Waals surface area contributed by atoms with E-state index in [1.165, 1.54) is 24.3 Å². The molecular formula is C25H22F6N6O. The Morgan fingerprint density at radius 1 is 0.974 bits per heavy atom. The number of hydrogen-bond acceptors (Lipinski definition) is 6. The number of aromatic nitrogens is 4. The molecule has 13 heteroatoms. The van der Waals surface area contributed by atoms with Crippen LogP contribution in [-0.4, -0.2) is 49.8 Å². The van der Waals surface area contributed by atoms with Crippen LogP contribution in [0.4, 0.5) is 32.2 Å². The summed E-state index contributed by atoms with van der Waals surface area (Å²) < 4.78 is 88.5. The number of alkyl halides is 5. The quantitative estimate of drug-likeness (QED) is 0.340. The summed E-state index contributed by atoms with van der Waals surface area (Å²) in [5.74, 6) is -6.92. The SMILES string of the molecule is Nc1cc(CN2CCC(Oc3ccc(-n4c(C(F)(F)C(F)(F)F)nc5cc(F)cnc54)cc3)CC2)ccn1. The maximum absolute atomic E-state index is 14.4. The molecule has 2 N–H and O–H groups in total. The molecule has 0 bridgehead atoms. The predicted octanol–water partition coefficient (Wildman–Crippen LogP) is 5.23. The molecule has 4 aromatic rings. The molecule has 0 amide bonds. The minimum Gasteiger partial charge on any atom is -0.490 e. The van der Waals surface area contributed by atoms with Crippen LogP contribution in [0.15, 0.2) is 54.9 Å². The third kappa shape index (κ3) is 5.10. The summed E-state index contributed by atoms with van der Waals surface area (Å²) in [7, 11) is 0. The lowest BCUT2D eigenvalue weighted by atomic mass is 10.1. The first-order valence-electron chi connectivity index (χ1n) is 11.7. The lowest BCUT2D eigenvalue weighted by molar-refractivity contribution is -0.292. The van der Waals surface area contributed by atoms with Crippen molar-refractivity contribution in [1.29, 1.82) is 0 Å². The lowest BCUT2D eigenvalue weighted by Crippen LogP contribution is -2.37. The number of imidazole rings is 1. The van der Waals surface area contributed by atoms with Crippen LogP contribution in [0.3, 0.4) is 0 Å². The molecule has 1 fully saturated rings. The highest BCUT2D eigenvalue weighted by molar-refractivity contribution is 5.74. The zero-order valence-electron chi connectivity index (χ0n) is 19.8. The zero-order chi connectivity index (χ0) is 27.1. The minimum atomic E-state index is -5.91. The molecule has 7 nitrogen and oxygen atoms in total. The third-order valence-corrected chi connectivity index (χ3v) is 6.28. The van der Waals surface area contributed by atoms with Gasteiger partial charge in [-0.1, -0.05) is 0 Å². The molecule has 0 saturated carbocycles. The maximum atomic E-state index is 14.4. The fraction of sp³-hybridized carbons (Fsp3) is 0.320. The van der Waals surface area contributed by atoms with Crippen molar-refractivity contribution >= 4 is 17.0 Å². The van der Waals surface area contributed by atoms with E-state index in [9.17, 15) is 26.3 Å². The van der Waals surface area contributed by atoms with Crippen LogP contribution in [0.25, 0.3) is 16.9 Å². The van der Waals surface area contributed by atoms with Crippen molar-refractivity contribution in [2.75, 3.05) is 18.8 Å². The Morgan fingerprint density at radius 2 is 1.68 bits per heavy atom. The Hall–Kier alpha value is -3.87. The molecule has 0 unspecified atom stereocenters. The molecular weight excluding hydrogens is 514 g/mol. The number of pyridine rings is 2. The monoisotopic (exact) mass is 536 g/mol. The molecule has 1 saturated heterocycles. The van der Waals surface area contributed by atoms with Crippen LogP contribution in [0.5, 0.6) is 5.75 Å².